The summed E-state index contributed by atoms with van der Waals surface area (Å²) in [5.74, 6) is 0. The molecule has 317 valence electrons. The van der Waals surface area contributed by atoms with Crippen LogP contribution >= 0.6 is 68.1 Å². The third-order valence-corrected chi connectivity index (χ3v) is 6.32. The Bertz CT molecular complexity index is 1980. The minimum atomic E-state index is -1.61. The number of hydrogen-bond acceptors (Lipinski definition) is 7. The second kappa shape index (κ2) is 43.3. The van der Waals surface area contributed by atoms with Gasteiger partial charge in [0.05, 0.1) is 81.4 Å². The molecule has 7 nitrogen and oxygen atoms in total. The van der Waals surface area contributed by atoms with Gasteiger partial charge < -0.3 is 0 Å². The standard InChI is InChI=1S/7C7H5N.5BrH.2Ru/c7*8-6-7-4-2-1-3-5-7;;;;;;;/h7*1-5H;5*1H;;/q;;;;;;;;;;;;+1;+4/p-5. The zero-order chi connectivity index (χ0) is 47.2. The SMILES string of the molecule is N#Cc1ccccc1.N#Cc1ccccc1.N#Cc1ccccc1.N#Cc1ccccc1.N#Cc1ccccc1.N#Cc1ccccc1.N#Cc1ccccc1.[Br][Ru].[Br][Ru]([Br])([Br])[Br]. The number of nitriles is 7. The van der Waals surface area contributed by atoms with Crippen molar-refractivity contribution in [3.8, 4) is 42.5 Å². The van der Waals surface area contributed by atoms with E-state index in [9.17, 15) is 0 Å². The van der Waals surface area contributed by atoms with Gasteiger partial charge >= 0.3 is 91.4 Å². The van der Waals surface area contributed by atoms with E-state index in [0.717, 1.165) is 0 Å². The van der Waals surface area contributed by atoms with E-state index in [1.807, 2.05) is 170 Å². The van der Waals surface area contributed by atoms with E-state index >= 15 is 0 Å². The number of rotatable bonds is 0. The summed E-state index contributed by atoms with van der Waals surface area (Å²) in [6.45, 7) is -1.61. The molecule has 0 aliphatic carbocycles. The molecule has 0 spiro atoms. The van der Waals surface area contributed by atoms with E-state index in [0.29, 0.717) is 38.9 Å². The molecular weight excluding hydrogens is 1290 g/mol. The fourth-order valence-electron chi connectivity index (χ4n) is 3.59. The topological polar surface area (TPSA) is 167 Å². The van der Waals surface area contributed by atoms with Gasteiger partial charge in [-0.3, -0.25) is 0 Å². The van der Waals surface area contributed by atoms with Gasteiger partial charge in [0, 0.05) is 0 Å². The molecular formula is C49H35Br5N7Ru2. The molecule has 7 rings (SSSR count). The fourth-order valence-corrected chi connectivity index (χ4v) is 3.59. The number of halogens is 5. The van der Waals surface area contributed by atoms with Crippen LogP contribution in [0.1, 0.15) is 38.9 Å². The van der Waals surface area contributed by atoms with Gasteiger partial charge in [-0.15, -0.1) is 0 Å². The first-order valence-corrected chi connectivity index (χ1v) is 37.2. The van der Waals surface area contributed by atoms with Crippen LogP contribution in [0.25, 0.3) is 0 Å². The molecule has 0 aliphatic heterocycles. The van der Waals surface area contributed by atoms with Crippen molar-refractivity contribution < 1.29 is 23.3 Å². The Morgan fingerprint density at radius 2 is 0.317 bits per heavy atom. The Kier molecular flexibility index (Phi) is 41.0. The van der Waals surface area contributed by atoms with Gasteiger partial charge in [0.1, 0.15) is 0 Å². The Balaban J connectivity index is 0. The second-order valence-corrected chi connectivity index (χ2v) is 58.8. The Labute approximate surface area is 417 Å². The molecule has 0 saturated heterocycles. The van der Waals surface area contributed by atoms with E-state index in [4.69, 9.17) is 36.8 Å². The van der Waals surface area contributed by atoms with E-state index in [-0.39, 0.29) is 0 Å². The first kappa shape index (κ1) is 59.7. The Morgan fingerprint density at radius 3 is 0.365 bits per heavy atom. The number of nitrogens with zero attached hydrogens (tertiary/aromatic N) is 7. The van der Waals surface area contributed by atoms with Crippen molar-refractivity contribution >= 4 is 68.1 Å². The molecule has 0 saturated carbocycles. The number of benzene rings is 7. The van der Waals surface area contributed by atoms with E-state index in [1.165, 1.54) is 0 Å². The van der Waals surface area contributed by atoms with Crippen LogP contribution in [-0.2, 0) is 23.3 Å². The minimum absolute atomic E-state index is 0.715. The monoisotopic (exact) mass is 1320 g/mol. The maximum atomic E-state index is 8.29. The zero-order valence-corrected chi connectivity index (χ0v) is 44.3. The zero-order valence-electron chi connectivity index (χ0n) is 32.9. The second-order valence-electron chi connectivity index (χ2n) is 10.6. The van der Waals surface area contributed by atoms with Crippen molar-refractivity contribution in [3.63, 3.8) is 0 Å². The quantitative estimate of drug-likeness (QED) is 0.136. The third kappa shape index (κ3) is 40.4. The molecule has 0 unspecified atom stereocenters. The normalized spacial score (nSPS) is 8.30. The fraction of sp³-hybridized carbons (Fsp3) is 0. The van der Waals surface area contributed by atoms with Gasteiger partial charge in [0.15, 0.2) is 0 Å². The van der Waals surface area contributed by atoms with Gasteiger partial charge in [-0.2, -0.15) is 36.8 Å². The molecule has 0 atom stereocenters. The first-order valence-electron chi connectivity index (χ1n) is 17.4. The molecule has 63 heavy (non-hydrogen) atoms. The van der Waals surface area contributed by atoms with Crippen molar-refractivity contribution in [1.29, 1.82) is 36.8 Å². The number of hydrogen-bond donors (Lipinski definition) is 0. The molecule has 0 radical (unpaired) electrons. The Hall–Kier alpha value is -5.38. The predicted octanol–water partition coefficient (Wildman–Crippen LogP) is 15.1. The molecule has 7 aromatic carbocycles. The van der Waals surface area contributed by atoms with Crippen LogP contribution in [0, 0.1) is 79.3 Å². The van der Waals surface area contributed by atoms with Crippen molar-refractivity contribution in [2.45, 2.75) is 0 Å². The molecule has 7 aromatic rings. The molecule has 0 amide bonds. The average Bonchev–Trinajstić information content (AvgIpc) is 3.37. The summed E-state index contributed by atoms with van der Waals surface area (Å²) in [6.07, 6.45) is 0. The van der Waals surface area contributed by atoms with Crippen molar-refractivity contribution in [2.24, 2.45) is 0 Å². The van der Waals surface area contributed by atoms with Crippen LogP contribution < -0.4 is 0 Å². The van der Waals surface area contributed by atoms with Crippen LogP contribution in [0.4, 0.5) is 0 Å². The molecule has 14 heteroatoms. The van der Waals surface area contributed by atoms with Crippen molar-refractivity contribution in [3.05, 3.63) is 251 Å². The van der Waals surface area contributed by atoms with Gasteiger partial charge in [-0.25, -0.2) is 0 Å². The van der Waals surface area contributed by atoms with E-state index < -0.39 is 6.94 Å². The van der Waals surface area contributed by atoms with Gasteiger partial charge in [0.2, 0.25) is 0 Å². The summed E-state index contributed by atoms with van der Waals surface area (Å²) >= 11 is 18.2. The summed E-state index contributed by atoms with van der Waals surface area (Å²) in [6, 6.07) is 78.1. The summed E-state index contributed by atoms with van der Waals surface area (Å²) in [4.78, 5) is 0. The molecule has 0 heterocycles. The van der Waals surface area contributed by atoms with Gasteiger partial charge in [-0.1, -0.05) is 127 Å². The van der Waals surface area contributed by atoms with Crippen LogP contribution in [0.2, 0.25) is 0 Å². The van der Waals surface area contributed by atoms with Gasteiger partial charge in [0.25, 0.3) is 0 Å². The summed E-state index contributed by atoms with van der Waals surface area (Å²) in [5, 5.41) is 58.0. The predicted molar refractivity (Wildman–Crippen MR) is 263 cm³/mol. The van der Waals surface area contributed by atoms with E-state index in [1.54, 1.807) is 84.9 Å². The molecule has 0 fully saturated rings. The van der Waals surface area contributed by atoms with E-state index in [2.05, 4.69) is 84.5 Å². The summed E-state index contributed by atoms with van der Waals surface area (Å²) < 4.78 is 0. The third-order valence-electron chi connectivity index (χ3n) is 6.32. The van der Waals surface area contributed by atoms with Crippen LogP contribution in [0.3, 0.4) is 0 Å². The maximum absolute atomic E-state index is 8.29. The molecule has 0 bridgehead atoms. The van der Waals surface area contributed by atoms with Crippen molar-refractivity contribution in [2.75, 3.05) is 0 Å². The van der Waals surface area contributed by atoms with Crippen LogP contribution in [0.15, 0.2) is 212 Å². The van der Waals surface area contributed by atoms with Crippen LogP contribution in [0.5, 0.6) is 0 Å². The summed E-state index contributed by atoms with van der Waals surface area (Å²) in [5.41, 5.74) is 5.01. The Morgan fingerprint density at radius 1 is 0.238 bits per heavy atom. The average molecular weight is 1320 g/mol. The van der Waals surface area contributed by atoms with Crippen LogP contribution in [-0.4, -0.2) is 0 Å². The summed E-state index contributed by atoms with van der Waals surface area (Å²) in [7, 11) is 0. The van der Waals surface area contributed by atoms with Crippen molar-refractivity contribution in [1.82, 2.24) is 0 Å². The molecule has 0 aromatic heterocycles. The molecule has 0 N–H and O–H groups in total. The van der Waals surface area contributed by atoms with Gasteiger partial charge in [-0.05, 0) is 84.9 Å². The molecule has 0 aliphatic rings. The first-order chi connectivity index (χ1) is 30.5.